The van der Waals surface area contributed by atoms with Gasteiger partial charge in [-0.3, -0.25) is 0 Å². The largest absolute Gasteiger partial charge is 0.310 e. The van der Waals surface area contributed by atoms with Crippen molar-refractivity contribution >= 4 is 29.0 Å². The molecule has 25 heavy (non-hydrogen) atoms. The van der Waals surface area contributed by atoms with Gasteiger partial charge < -0.3 is 4.31 Å². The molecule has 128 valence electrons. The van der Waals surface area contributed by atoms with Crippen molar-refractivity contribution in [1.29, 1.82) is 0 Å². The van der Waals surface area contributed by atoms with E-state index in [1.807, 2.05) is 13.0 Å². The maximum Gasteiger partial charge on any atom is 0.128 e. The van der Waals surface area contributed by atoms with E-state index >= 15 is 0 Å². The lowest BCUT2D eigenvalue weighted by atomic mass is 10.1. The van der Waals surface area contributed by atoms with Crippen molar-refractivity contribution in [2.24, 2.45) is 0 Å². The van der Waals surface area contributed by atoms with Crippen LogP contribution in [-0.4, -0.2) is 4.98 Å². The number of benzene rings is 2. The molecule has 0 atom stereocenters. The van der Waals surface area contributed by atoms with Gasteiger partial charge in [0.1, 0.15) is 16.6 Å². The maximum atomic E-state index is 13.9. The maximum absolute atomic E-state index is 13.9. The van der Waals surface area contributed by atoms with Crippen LogP contribution in [0, 0.1) is 25.5 Å². The number of fused-ring (bicyclic) bond motifs is 1. The fourth-order valence-corrected chi connectivity index (χ4v) is 5.34. The number of rotatable bonds is 2. The van der Waals surface area contributed by atoms with Gasteiger partial charge in [-0.25, -0.2) is 13.8 Å². The van der Waals surface area contributed by atoms with E-state index in [0.29, 0.717) is 12.1 Å². The van der Waals surface area contributed by atoms with Crippen molar-refractivity contribution in [2.75, 3.05) is 4.31 Å². The second-order valence-corrected chi connectivity index (χ2v) is 8.11. The van der Waals surface area contributed by atoms with E-state index in [4.69, 9.17) is 4.98 Å². The highest BCUT2D eigenvalue weighted by atomic mass is 32.2. The van der Waals surface area contributed by atoms with Gasteiger partial charge in [0.2, 0.25) is 0 Å². The lowest BCUT2D eigenvalue weighted by Gasteiger charge is -2.28. The number of anilines is 1. The molecule has 0 saturated heterocycles. The number of aromatic nitrogens is 1. The second kappa shape index (κ2) is 6.42. The Bertz CT molecular complexity index is 953. The Kier molecular flexibility index (Phi) is 4.25. The summed E-state index contributed by atoms with van der Waals surface area (Å²) in [6.45, 7) is 4.40. The summed E-state index contributed by atoms with van der Waals surface area (Å²) >= 11 is 3.28. The molecule has 3 aromatic rings. The minimum atomic E-state index is -0.231. The molecule has 6 heteroatoms. The van der Waals surface area contributed by atoms with E-state index in [2.05, 4.69) is 4.31 Å². The summed E-state index contributed by atoms with van der Waals surface area (Å²) in [6, 6.07) is 9.97. The summed E-state index contributed by atoms with van der Waals surface area (Å²) in [4.78, 5) is 5.94. The standard InChI is InChI=1S/C19H16F2N2S2/c1-11-8-13(20)6-7-14(11)19-22-16-10-24-23(9-18(16)25-19)17-5-3-4-15(21)12(17)2/h3-8H,9-10H2,1-2H3. The fourth-order valence-electron chi connectivity index (χ4n) is 2.94. The normalized spacial score (nSPS) is 13.8. The van der Waals surface area contributed by atoms with Gasteiger partial charge in [-0.05, 0) is 61.7 Å². The Morgan fingerprint density at radius 3 is 2.76 bits per heavy atom. The Hall–Kier alpha value is -1.92. The van der Waals surface area contributed by atoms with Crippen molar-refractivity contribution in [1.82, 2.24) is 4.98 Å². The first-order valence-electron chi connectivity index (χ1n) is 7.93. The first kappa shape index (κ1) is 16.5. The highest BCUT2D eigenvalue weighted by Gasteiger charge is 2.24. The van der Waals surface area contributed by atoms with Crippen LogP contribution in [0.4, 0.5) is 14.5 Å². The summed E-state index contributed by atoms with van der Waals surface area (Å²) in [6.07, 6.45) is 0. The fraction of sp³-hybridized carbons (Fsp3) is 0.211. The Morgan fingerprint density at radius 1 is 1.12 bits per heavy atom. The molecular weight excluding hydrogens is 358 g/mol. The Labute approximate surface area is 153 Å². The highest BCUT2D eigenvalue weighted by molar-refractivity contribution is 7.99. The smallest absolute Gasteiger partial charge is 0.128 e. The number of hydrogen-bond donors (Lipinski definition) is 0. The van der Waals surface area contributed by atoms with Gasteiger partial charge in [0.25, 0.3) is 0 Å². The number of aryl methyl sites for hydroxylation is 1. The predicted octanol–water partition coefficient (Wildman–Crippen LogP) is 5.87. The third-order valence-corrected chi connectivity index (χ3v) is 6.50. The van der Waals surface area contributed by atoms with Crippen LogP contribution in [0.25, 0.3) is 10.6 Å². The summed E-state index contributed by atoms with van der Waals surface area (Å²) in [5.41, 5.74) is 4.50. The predicted molar refractivity (Wildman–Crippen MR) is 101 cm³/mol. The first-order chi connectivity index (χ1) is 12.0. The molecule has 1 aliphatic rings. The topological polar surface area (TPSA) is 16.1 Å². The number of thiazole rings is 1. The van der Waals surface area contributed by atoms with E-state index in [1.165, 1.54) is 23.1 Å². The highest BCUT2D eigenvalue weighted by Crippen LogP contribution is 2.40. The molecule has 0 saturated carbocycles. The molecule has 2 nitrogen and oxygen atoms in total. The average Bonchev–Trinajstić information content (AvgIpc) is 3.00. The minimum Gasteiger partial charge on any atom is -0.310 e. The van der Waals surface area contributed by atoms with Crippen LogP contribution >= 0.6 is 23.3 Å². The van der Waals surface area contributed by atoms with Crippen LogP contribution in [0.5, 0.6) is 0 Å². The third kappa shape index (κ3) is 3.04. The molecule has 0 amide bonds. The van der Waals surface area contributed by atoms with Crippen LogP contribution < -0.4 is 4.31 Å². The van der Waals surface area contributed by atoms with Crippen LogP contribution in [0.15, 0.2) is 36.4 Å². The van der Waals surface area contributed by atoms with Crippen LogP contribution in [0.2, 0.25) is 0 Å². The van der Waals surface area contributed by atoms with Gasteiger partial charge in [0.05, 0.1) is 23.7 Å². The molecule has 2 aromatic carbocycles. The van der Waals surface area contributed by atoms with Crippen molar-refractivity contribution < 1.29 is 8.78 Å². The third-order valence-electron chi connectivity index (χ3n) is 4.35. The van der Waals surface area contributed by atoms with E-state index in [-0.39, 0.29) is 11.6 Å². The number of hydrogen-bond acceptors (Lipinski definition) is 4. The molecular formula is C19H16F2N2S2. The van der Waals surface area contributed by atoms with Crippen molar-refractivity contribution in [2.45, 2.75) is 26.1 Å². The Morgan fingerprint density at radius 2 is 1.96 bits per heavy atom. The zero-order valence-electron chi connectivity index (χ0n) is 13.8. The molecule has 0 fully saturated rings. The second-order valence-electron chi connectivity index (χ2n) is 6.04. The van der Waals surface area contributed by atoms with Gasteiger partial charge in [-0.15, -0.1) is 11.3 Å². The van der Waals surface area contributed by atoms with Crippen LogP contribution in [0.1, 0.15) is 21.7 Å². The van der Waals surface area contributed by atoms with Crippen molar-refractivity contribution in [3.05, 3.63) is 69.7 Å². The van der Waals surface area contributed by atoms with Gasteiger partial charge in [0, 0.05) is 16.0 Å². The van der Waals surface area contributed by atoms with E-state index < -0.39 is 0 Å². The summed E-state index contributed by atoms with van der Waals surface area (Å²) in [5, 5.41) is 0.918. The zero-order valence-corrected chi connectivity index (χ0v) is 15.5. The lowest BCUT2D eigenvalue weighted by molar-refractivity contribution is 0.618. The molecule has 0 unspecified atom stereocenters. The molecule has 0 radical (unpaired) electrons. The van der Waals surface area contributed by atoms with Crippen molar-refractivity contribution in [3.8, 4) is 10.6 Å². The van der Waals surface area contributed by atoms with Gasteiger partial charge in [-0.2, -0.15) is 0 Å². The monoisotopic (exact) mass is 374 g/mol. The molecule has 1 aromatic heterocycles. The average molecular weight is 374 g/mol. The van der Waals surface area contributed by atoms with Crippen LogP contribution in [-0.2, 0) is 12.3 Å². The van der Waals surface area contributed by atoms with E-state index in [9.17, 15) is 8.78 Å². The van der Waals surface area contributed by atoms with Gasteiger partial charge in [-0.1, -0.05) is 6.07 Å². The molecule has 1 aliphatic heterocycles. The SMILES string of the molecule is Cc1cc(F)ccc1-c1nc2c(s1)CN(c1cccc(F)c1C)SC2. The molecule has 2 heterocycles. The lowest BCUT2D eigenvalue weighted by Crippen LogP contribution is -2.19. The van der Waals surface area contributed by atoms with Crippen molar-refractivity contribution in [3.63, 3.8) is 0 Å². The van der Waals surface area contributed by atoms with Gasteiger partial charge in [0.15, 0.2) is 0 Å². The first-order valence-corrected chi connectivity index (χ1v) is 9.69. The van der Waals surface area contributed by atoms with Gasteiger partial charge >= 0.3 is 0 Å². The molecule has 0 N–H and O–H groups in total. The number of halogens is 2. The van der Waals surface area contributed by atoms with E-state index in [0.717, 1.165) is 33.3 Å². The van der Waals surface area contributed by atoms with E-state index in [1.54, 1.807) is 42.3 Å². The summed E-state index contributed by atoms with van der Waals surface area (Å²) in [7, 11) is 0. The summed E-state index contributed by atoms with van der Waals surface area (Å²) < 4.78 is 29.3. The number of nitrogens with zero attached hydrogens (tertiary/aromatic N) is 2. The molecule has 0 aliphatic carbocycles. The molecule has 4 rings (SSSR count). The minimum absolute atomic E-state index is 0.184. The van der Waals surface area contributed by atoms with Crippen LogP contribution in [0.3, 0.4) is 0 Å². The quantitative estimate of drug-likeness (QED) is 0.522. The molecule has 0 bridgehead atoms. The zero-order chi connectivity index (χ0) is 17.6. The molecule has 0 spiro atoms. The summed E-state index contributed by atoms with van der Waals surface area (Å²) in [5.74, 6) is 0.337. The Balaban J connectivity index is 1.66.